The lowest BCUT2D eigenvalue weighted by Gasteiger charge is -2.34. The Labute approximate surface area is 146 Å². The molecule has 0 saturated carbocycles. The SMILES string of the molecule is c1ccc(CN2CCN(Cc3csc(-c4ccco4)n3)CC2)cc1. The third kappa shape index (κ3) is 3.75. The van der Waals surface area contributed by atoms with Crippen LogP contribution in [0.2, 0.25) is 0 Å². The van der Waals surface area contributed by atoms with Crippen molar-refractivity contribution >= 4 is 11.3 Å². The number of hydrogen-bond acceptors (Lipinski definition) is 5. The predicted octanol–water partition coefficient (Wildman–Crippen LogP) is 3.72. The molecule has 24 heavy (non-hydrogen) atoms. The quantitative estimate of drug-likeness (QED) is 0.709. The second-order valence-corrected chi connectivity index (χ2v) is 7.02. The number of hydrogen-bond donors (Lipinski definition) is 0. The summed E-state index contributed by atoms with van der Waals surface area (Å²) in [6.07, 6.45) is 1.70. The van der Waals surface area contributed by atoms with Crippen LogP contribution >= 0.6 is 11.3 Å². The maximum absolute atomic E-state index is 5.42. The maximum atomic E-state index is 5.42. The van der Waals surface area contributed by atoms with Gasteiger partial charge in [0.15, 0.2) is 10.8 Å². The zero-order valence-electron chi connectivity index (χ0n) is 13.6. The highest BCUT2D eigenvalue weighted by molar-refractivity contribution is 7.13. The summed E-state index contributed by atoms with van der Waals surface area (Å²) in [6.45, 7) is 6.40. The molecule has 2 aromatic heterocycles. The number of rotatable bonds is 5. The smallest absolute Gasteiger partial charge is 0.162 e. The molecule has 3 aromatic rings. The van der Waals surface area contributed by atoms with Crippen molar-refractivity contribution in [2.75, 3.05) is 26.2 Å². The van der Waals surface area contributed by atoms with Gasteiger partial charge >= 0.3 is 0 Å². The average Bonchev–Trinajstić information content (AvgIpc) is 3.29. The van der Waals surface area contributed by atoms with Crippen LogP contribution < -0.4 is 0 Å². The Kier molecular flexibility index (Phi) is 4.74. The first-order chi connectivity index (χ1) is 11.9. The Hall–Kier alpha value is -1.95. The molecule has 1 aliphatic rings. The van der Waals surface area contributed by atoms with Gasteiger partial charge in [-0.2, -0.15) is 0 Å². The lowest BCUT2D eigenvalue weighted by molar-refractivity contribution is 0.121. The van der Waals surface area contributed by atoms with Gasteiger partial charge in [0.2, 0.25) is 0 Å². The zero-order chi connectivity index (χ0) is 16.2. The van der Waals surface area contributed by atoms with E-state index in [9.17, 15) is 0 Å². The minimum Gasteiger partial charge on any atom is -0.462 e. The second-order valence-electron chi connectivity index (χ2n) is 6.16. The number of thiazole rings is 1. The zero-order valence-corrected chi connectivity index (χ0v) is 14.4. The topological polar surface area (TPSA) is 32.5 Å². The summed E-state index contributed by atoms with van der Waals surface area (Å²) >= 11 is 1.66. The van der Waals surface area contributed by atoms with Crippen LogP contribution in [0.1, 0.15) is 11.3 Å². The summed E-state index contributed by atoms with van der Waals surface area (Å²) in [5.74, 6) is 0.860. The minimum atomic E-state index is 0.860. The Bertz CT molecular complexity index is 746. The molecule has 1 aliphatic heterocycles. The van der Waals surface area contributed by atoms with Crippen LogP contribution in [-0.2, 0) is 13.1 Å². The molecule has 0 N–H and O–H groups in total. The van der Waals surface area contributed by atoms with Gasteiger partial charge in [-0.1, -0.05) is 30.3 Å². The molecule has 0 radical (unpaired) electrons. The molecule has 4 nitrogen and oxygen atoms in total. The highest BCUT2D eigenvalue weighted by Crippen LogP contribution is 2.24. The largest absolute Gasteiger partial charge is 0.462 e. The first-order valence-electron chi connectivity index (χ1n) is 8.34. The molecule has 0 bridgehead atoms. The van der Waals surface area contributed by atoms with Gasteiger partial charge in [0.25, 0.3) is 0 Å². The fourth-order valence-corrected chi connectivity index (χ4v) is 3.85. The molecule has 124 valence electrons. The van der Waals surface area contributed by atoms with Crippen molar-refractivity contribution < 1.29 is 4.42 Å². The van der Waals surface area contributed by atoms with Crippen molar-refractivity contribution in [2.45, 2.75) is 13.1 Å². The van der Waals surface area contributed by atoms with E-state index >= 15 is 0 Å². The second kappa shape index (κ2) is 7.30. The van der Waals surface area contributed by atoms with Gasteiger partial charge in [-0.25, -0.2) is 4.98 Å². The average molecular weight is 339 g/mol. The summed E-state index contributed by atoms with van der Waals surface area (Å²) < 4.78 is 5.42. The number of aromatic nitrogens is 1. The molecule has 4 rings (SSSR count). The summed E-state index contributed by atoms with van der Waals surface area (Å²) in [5.41, 5.74) is 2.54. The van der Waals surface area contributed by atoms with Crippen LogP contribution in [0.15, 0.2) is 58.5 Å². The van der Waals surface area contributed by atoms with E-state index in [0.29, 0.717) is 0 Å². The lowest BCUT2D eigenvalue weighted by Crippen LogP contribution is -2.45. The Balaban J connectivity index is 1.29. The molecule has 3 heterocycles. The monoisotopic (exact) mass is 339 g/mol. The van der Waals surface area contributed by atoms with Crippen molar-refractivity contribution in [1.82, 2.24) is 14.8 Å². The molecule has 0 amide bonds. The molecule has 0 atom stereocenters. The summed E-state index contributed by atoms with van der Waals surface area (Å²) in [6, 6.07) is 14.6. The minimum absolute atomic E-state index is 0.860. The van der Waals surface area contributed by atoms with Crippen molar-refractivity contribution in [3.8, 4) is 10.8 Å². The van der Waals surface area contributed by atoms with Crippen LogP contribution in [0.4, 0.5) is 0 Å². The Morgan fingerprint density at radius 3 is 2.38 bits per heavy atom. The van der Waals surface area contributed by atoms with Gasteiger partial charge in [-0.3, -0.25) is 9.80 Å². The van der Waals surface area contributed by atoms with E-state index in [1.54, 1.807) is 17.6 Å². The van der Waals surface area contributed by atoms with E-state index in [2.05, 4.69) is 45.5 Å². The van der Waals surface area contributed by atoms with Crippen LogP contribution in [0.25, 0.3) is 10.8 Å². The molecular formula is C19H21N3OS. The van der Waals surface area contributed by atoms with Gasteiger partial charge in [0, 0.05) is 44.6 Å². The van der Waals surface area contributed by atoms with Gasteiger partial charge in [-0.05, 0) is 17.7 Å². The van der Waals surface area contributed by atoms with Crippen LogP contribution in [0.5, 0.6) is 0 Å². The van der Waals surface area contributed by atoms with Crippen LogP contribution in [-0.4, -0.2) is 41.0 Å². The fourth-order valence-electron chi connectivity index (χ4n) is 3.07. The summed E-state index contributed by atoms with van der Waals surface area (Å²) in [4.78, 5) is 9.72. The van der Waals surface area contributed by atoms with E-state index < -0.39 is 0 Å². The number of piperazine rings is 1. The van der Waals surface area contributed by atoms with Crippen molar-refractivity contribution in [1.29, 1.82) is 0 Å². The highest BCUT2D eigenvalue weighted by Gasteiger charge is 2.18. The first-order valence-corrected chi connectivity index (χ1v) is 9.22. The Morgan fingerprint density at radius 1 is 0.917 bits per heavy atom. The van der Waals surface area contributed by atoms with Crippen molar-refractivity contribution in [3.05, 3.63) is 65.4 Å². The summed E-state index contributed by atoms with van der Waals surface area (Å²) in [5, 5.41) is 3.12. The van der Waals surface area contributed by atoms with Gasteiger partial charge in [-0.15, -0.1) is 11.3 Å². The molecule has 0 unspecified atom stereocenters. The molecule has 0 spiro atoms. The number of benzene rings is 1. The number of furan rings is 1. The predicted molar refractivity (Wildman–Crippen MR) is 96.8 cm³/mol. The van der Waals surface area contributed by atoms with Crippen LogP contribution in [0.3, 0.4) is 0 Å². The van der Waals surface area contributed by atoms with E-state index in [1.807, 2.05) is 12.1 Å². The first kappa shape index (κ1) is 15.6. The normalized spacial score (nSPS) is 16.5. The fraction of sp³-hybridized carbons (Fsp3) is 0.316. The van der Waals surface area contributed by atoms with Gasteiger partial charge in [0.1, 0.15) is 0 Å². The van der Waals surface area contributed by atoms with E-state index in [4.69, 9.17) is 9.40 Å². The number of nitrogens with zero attached hydrogens (tertiary/aromatic N) is 3. The van der Waals surface area contributed by atoms with Crippen molar-refractivity contribution in [3.63, 3.8) is 0 Å². The molecule has 1 fully saturated rings. The lowest BCUT2D eigenvalue weighted by atomic mass is 10.2. The van der Waals surface area contributed by atoms with Gasteiger partial charge < -0.3 is 4.42 Å². The standard InChI is InChI=1S/C19H21N3OS/c1-2-5-16(6-3-1)13-21-8-10-22(11-9-21)14-17-15-24-19(20-17)18-7-4-12-23-18/h1-7,12,15H,8-11,13-14H2. The summed E-state index contributed by atoms with van der Waals surface area (Å²) in [7, 11) is 0. The third-order valence-electron chi connectivity index (χ3n) is 4.38. The van der Waals surface area contributed by atoms with Crippen LogP contribution in [0, 0.1) is 0 Å². The molecule has 5 heteroatoms. The Morgan fingerprint density at radius 2 is 1.67 bits per heavy atom. The van der Waals surface area contributed by atoms with Crippen molar-refractivity contribution in [2.24, 2.45) is 0 Å². The molecule has 0 aliphatic carbocycles. The third-order valence-corrected chi connectivity index (χ3v) is 5.29. The highest BCUT2D eigenvalue weighted by atomic mass is 32.1. The van der Waals surface area contributed by atoms with E-state index in [-0.39, 0.29) is 0 Å². The van der Waals surface area contributed by atoms with E-state index in [1.165, 1.54) is 5.56 Å². The molecule has 1 saturated heterocycles. The molecular weight excluding hydrogens is 318 g/mol. The molecule has 1 aromatic carbocycles. The maximum Gasteiger partial charge on any atom is 0.162 e. The van der Waals surface area contributed by atoms with E-state index in [0.717, 1.165) is 55.7 Å². The van der Waals surface area contributed by atoms with Gasteiger partial charge in [0.05, 0.1) is 12.0 Å².